The van der Waals surface area contributed by atoms with E-state index in [0.717, 1.165) is 40.5 Å². The zero-order valence-electron chi connectivity index (χ0n) is 23.6. The molecule has 0 saturated heterocycles. The molecule has 0 N–H and O–H groups in total. The second kappa shape index (κ2) is 8.55. The number of hydrogen-bond acceptors (Lipinski definition) is 5. The summed E-state index contributed by atoms with van der Waals surface area (Å²) >= 11 is 1.61. The van der Waals surface area contributed by atoms with Gasteiger partial charge in [-0.15, -0.1) is 11.3 Å². The molecule has 39 heavy (non-hydrogen) atoms. The Balaban J connectivity index is 1.39. The summed E-state index contributed by atoms with van der Waals surface area (Å²) in [5.74, 6) is 0.257. The fourth-order valence-corrected chi connectivity index (χ4v) is 5.92. The van der Waals surface area contributed by atoms with Gasteiger partial charge in [0.1, 0.15) is 11.1 Å². The molecule has 0 aliphatic carbocycles. The molecule has 8 nitrogen and oxygen atoms in total. The second-order valence-electron chi connectivity index (χ2n) is 12.4. The highest BCUT2D eigenvalue weighted by atomic mass is 32.1. The van der Waals surface area contributed by atoms with E-state index in [1.165, 1.54) is 0 Å². The smallest absolute Gasteiger partial charge is 0.316 e. The molecule has 3 aromatic rings. The summed E-state index contributed by atoms with van der Waals surface area (Å²) in [7, 11) is 0. The molecule has 2 aromatic carbocycles. The van der Waals surface area contributed by atoms with Gasteiger partial charge in [0.15, 0.2) is 11.1 Å². The third-order valence-electron chi connectivity index (χ3n) is 9.26. The molecule has 0 bridgehead atoms. The summed E-state index contributed by atoms with van der Waals surface area (Å²) in [6.45, 7) is 14.3. The van der Waals surface area contributed by atoms with E-state index in [4.69, 9.17) is 0 Å². The summed E-state index contributed by atoms with van der Waals surface area (Å²) in [5.41, 5.74) is -0.301. The van der Waals surface area contributed by atoms with Gasteiger partial charge in [0.2, 0.25) is 0 Å². The number of hydroxylamine groups is 6. The van der Waals surface area contributed by atoms with Crippen LogP contribution in [0.25, 0.3) is 20.9 Å². The number of thiophene rings is 1. The maximum Gasteiger partial charge on any atom is 0.316 e. The van der Waals surface area contributed by atoms with Gasteiger partial charge in [-0.05, 0) is 103 Å². The number of rotatable bonds is 4. The van der Waals surface area contributed by atoms with E-state index >= 15 is 0 Å². The third-order valence-corrected chi connectivity index (χ3v) is 10.4. The van der Waals surface area contributed by atoms with E-state index in [2.05, 4.69) is 0 Å². The molecule has 2 aliphatic rings. The van der Waals surface area contributed by atoms with Gasteiger partial charge >= 0.3 is 11.7 Å². The van der Waals surface area contributed by atoms with Gasteiger partial charge < -0.3 is 10.4 Å². The maximum absolute atomic E-state index is 13.0. The van der Waals surface area contributed by atoms with E-state index < -0.39 is 22.2 Å². The van der Waals surface area contributed by atoms with Crippen molar-refractivity contribution >= 4 is 23.0 Å². The zero-order chi connectivity index (χ0) is 28.7. The highest BCUT2D eigenvalue weighted by molar-refractivity contribution is 7.18. The zero-order valence-corrected chi connectivity index (χ0v) is 24.4. The Bertz CT molecular complexity index is 1390. The molecule has 0 saturated carbocycles. The van der Waals surface area contributed by atoms with Crippen LogP contribution in [0, 0.1) is 10.4 Å². The van der Waals surface area contributed by atoms with Gasteiger partial charge in [0, 0.05) is 20.2 Å². The first-order chi connectivity index (χ1) is 18.0. The van der Waals surface area contributed by atoms with Gasteiger partial charge in [-0.1, -0.05) is 34.4 Å². The number of amidine groups is 2. The average Bonchev–Trinajstić information content (AvgIpc) is 3.46. The molecular weight excluding hydrogens is 512 g/mol. The first kappa shape index (κ1) is 27.2. The Morgan fingerprint density at radius 3 is 1.08 bits per heavy atom. The molecule has 2 aliphatic heterocycles. The largest absolute Gasteiger partial charge is 0.714 e. The SMILES string of the molecule is CC1(C)N([O])C(c2ccc(-c3ccc(-c4ccc(C5=[N+]([O-])C(C)(C)C(C)(C)N5[O])cc4)s3)cc2)=[N+]([O-])C1(C)C. The van der Waals surface area contributed by atoms with Crippen molar-refractivity contribution in [3.8, 4) is 20.9 Å². The minimum absolute atomic E-state index is 0.128. The van der Waals surface area contributed by atoms with Crippen molar-refractivity contribution in [1.29, 1.82) is 0 Å². The van der Waals surface area contributed by atoms with Gasteiger partial charge in [0.25, 0.3) is 0 Å². The predicted molar refractivity (Wildman–Crippen MR) is 152 cm³/mol. The first-order valence-electron chi connectivity index (χ1n) is 13.0. The highest BCUT2D eigenvalue weighted by Crippen LogP contribution is 2.40. The fourth-order valence-electron chi connectivity index (χ4n) is 4.90. The van der Waals surface area contributed by atoms with Crippen molar-refractivity contribution < 1.29 is 19.9 Å². The average molecular weight is 547 g/mol. The lowest BCUT2D eigenvalue weighted by Crippen LogP contribution is -2.53. The van der Waals surface area contributed by atoms with Crippen molar-refractivity contribution in [3.05, 3.63) is 82.2 Å². The van der Waals surface area contributed by atoms with Crippen LogP contribution in [0.4, 0.5) is 0 Å². The van der Waals surface area contributed by atoms with E-state index in [1.807, 2.05) is 60.7 Å². The molecule has 3 heterocycles. The normalized spacial score (nSPS) is 21.3. The van der Waals surface area contributed by atoms with Crippen LogP contribution in [-0.2, 0) is 10.4 Å². The van der Waals surface area contributed by atoms with Crippen LogP contribution in [0.3, 0.4) is 0 Å². The van der Waals surface area contributed by atoms with E-state index in [0.29, 0.717) is 11.1 Å². The molecule has 0 unspecified atom stereocenters. The van der Waals surface area contributed by atoms with E-state index in [1.54, 1.807) is 66.7 Å². The van der Waals surface area contributed by atoms with Crippen molar-refractivity contribution in [1.82, 2.24) is 10.1 Å². The molecular formula is C30H34N4O4S. The molecule has 9 heteroatoms. The summed E-state index contributed by atoms with van der Waals surface area (Å²) < 4.78 is 1.65. The Kier molecular flexibility index (Phi) is 5.96. The predicted octanol–water partition coefficient (Wildman–Crippen LogP) is 6.03. The van der Waals surface area contributed by atoms with Crippen LogP contribution in [0.15, 0.2) is 60.7 Å². The van der Waals surface area contributed by atoms with Crippen molar-refractivity contribution in [2.75, 3.05) is 0 Å². The molecule has 0 amide bonds. The van der Waals surface area contributed by atoms with Gasteiger partial charge in [-0.25, -0.2) is 0 Å². The minimum atomic E-state index is -0.860. The maximum atomic E-state index is 13.0. The van der Waals surface area contributed by atoms with Crippen LogP contribution in [0.2, 0.25) is 0 Å². The van der Waals surface area contributed by atoms with Crippen LogP contribution < -0.4 is 0 Å². The van der Waals surface area contributed by atoms with Crippen molar-refractivity contribution in [2.24, 2.45) is 0 Å². The quantitative estimate of drug-likeness (QED) is 0.295. The monoisotopic (exact) mass is 546 g/mol. The fraction of sp³-hybridized carbons (Fsp3) is 0.400. The Hall–Kier alpha value is -3.40. The molecule has 0 fully saturated rings. The second-order valence-corrected chi connectivity index (χ2v) is 13.5. The summed E-state index contributed by atoms with van der Waals surface area (Å²) in [6.07, 6.45) is 0. The molecule has 2 radical (unpaired) electrons. The van der Waals surface area contributed by atoms with Crippen molar-refractivity contribution in [3.63, 3.8) is 0 Å². The lowest BCUT2D eigenvalue weighted by Gasteiger charge is -2.32. The lowest BCUT2D eigenvalue weighted by atomic mass is 9.84. The lowest BCUT2D eigenvalue weighted by molar-refractivity contribution is -0.539. The Morgan fingerprint density at radius 2 is 0.821 bits per heavy atom. The van der Waals surface area contributed by atoms with Gasteiger partial charge in [0.05, 0.1) is 11.1 Å². The van der Waals surface area contributed by atoms with Gasteiger partial charge in [-0.3, -0.25) is 9.48 Å². The van der Waals surface area contributed by atoms with Crippen molar-refractivity contribution in [2.45, 2.75) is 77.5 Å². The highest BCUT2D eigenvalue weighted by Gasteiger charge is 2.61. The first-order valence-corrected chi connectivity index (χ1v) is 13.8. The summed E-state index contributed by atoms with van der Waals surface area (Å²) in [4.78, 5) is 2.08. The minimum Gasteiger partial charge on any atom is -0.714 e. The molecule has 1 aromatic heterocycles. The van der Waals surface area contributed by atoms with Crippen LogP contribution in [-0.4, -0.2) is 53.4 Å². The Morgan fingerprint density at radius 1 is 0.538 bits per heavy atom. The van der Waals surface area contributed by atoms with Crippen LogP contribution in [0.5, 0.6) is 0 Å². The number of nitrogens with zero attached hydrogens (tertiary/aromatic N) is 4. The molecule has 0 atom stereocenters. The van der Waals surface area contributed by atoms with Gasteiger partial charge in [-0.2, -0.15) is 0 Å². The summed E-state index contributed by atoms with van der Waals surface area (Å²) in [6, 6.07) is 19.0. The topological polar surface area (TPSA) is 98.4 Å². The number of hydrogen-bond donors (Lipinski definition) is 0. The Labute approximate surface area is 233 Å². The third kappa shape index (κ3) is 3.71. The molecule has 0 spiro atoms. The summed E-state index contributed by atoms with van der Waals surface area (Å²) in [5, 5.41) is 53.5. The molecule has 204 valence electrons. The molecule has 5 rings (SSSR count). The number of benzene rings is 2. The standard InChI is InChI=1S/C30H34N4O4S/c1-27(2)28(3,4)32(36)25(31(27)35)21-13-9-19(10-14-21)23-17-18-24(39-23)20-11-15-22(16-12-20)26-33(37)29(5,6)30(7,8)34(26)38/h9-18H,1-8H3. The van der Waals surface area contributed by atoms with Crippen LogP contribution in [0.1, 0.15) is 66.5 Å². The van der Waals surface area contributed by atoms with Crippen LogP contribution >= 0.6 is 11.3 Å². The van der Waals surface area contributed by atoms with E-state index in [9.17, 15) is 20.8 Å². The van der Waals surface area contributed by atoms with E-state index in [-0.39, 0.29) is 11.7 Å².